The number of benzene rings is 2. The van der Waals surface area contributed by atoms with Gasteiger partial charge in [-0.05, 0) is 37.4 Å². The molecule has 1 atom stereocenters. The van der Waals surface area contributed by atoms with Crippen LogP contribution in [-0.2, 0) is 4.79 Å². The van der Waals surface area contributed by atoms with Gasteiger partial charge in [-0.1, -0.05) is 60.2 Å². The van der Waals surface area contributed by atoms with Crippen molar-refractivity contribution in [3.8, 4) is 0 Å². The molecule has 0 aliphatic carbocycles. The Hall–Kier alpha value is -2.46. The molecule has 0 radical (unpaired) electrons. The maximum atomic E-state index is 12.8. The van der Waals surface area contributed by atoms with Gasteiger partial charge in [-0.15, -0.1) is 0 Å². The summed E-state index contributed by atoms with van der Waals surface area (Å²) in [6.07, 6.45) is 3.09. The molecule has 1 unspecified atom stereocenters. The summed E-state index contributed by atoms with van der Waals surface area (Å²) in [5.41, 5.74) is 4.71. The summed E-state index contributed by atoms with van der Waals surface area (Å²) >= 11 is 0. The van der Waals surface area contributed by atoms with Crippen molar-refractivity contribution >= 4 is 11.6 Å². The van der Waals surface area contributed by atoms with E-state index in [0.29, 0.717) is 19.1 Å². The second kappa shape index (κ2) is 7.42. The normalized spacial score (nSPS) is 20.4. The molecule has 0 saturated carbocycles. The fourth-order valence-corrected chi connectivity index (χ4v) is 3.91. The number of hydrogen-bond acceptors (Lipinski definition) is 3. The SMILES string of the molecule is Cc1ccc(C2CCCN2CC(=O)N2CCC(c3ccccc3)=N2)cc1. The molecule has 4 heteroatoms. The minimum Gasteiger partial charge on any atom is -0.287 e. The van der Waals surface area contributed by atoms with Crippen molar-refractivity contribution in [3.05, 3.63) is 71.3 Å². The molecule has 0 aromatic heterocycles. The lowest BCUT2D eigenvalue weighted by Gasteiger charge is -2.25. The minimum absolute atomic E-state index is 0.106. The van der Waals surface area contributed by atoms with Crippen LogP contribution in [-0.4, -0.2) is 41.2 Å². The first-order valence-electron chi connectivity index (χ1n) is 9.44. The number of likely N-dealkylation sites (tertiary alicyclic amines) is 1. The van der Waals surface area contributed by atoms with Gasteiger partial charge in [-0.2, -0.15) is 5.10 Å². The number of amides is 1. The monoisotopic (exact) mass is 347 g/mol. The molecule has 2 aliphatic heterocycles. The zero-order chi connectivity index (χ0) is 17.9. The molecule has 2 heterocycles. The number of hydrogen-bond donors (Lipinski definition) is 0. The summed E-state index contributed by atoms with van der Waals surface area (Å²) in [5, 5.41) is 6.24. The van der Waals surface area contributed by atoms with Crippen molar-refractivity contribution < 1.29 is 4.79 Å². The molecule has 1 amide bonds. The molecule has 1 saturated heterocycles. The van der Waals surface area contributed by atoms with Crippen LogP contribution in [0.4, 0.5) is 0 Å². The summed E-state index contributed by atoms with van der Waals surface area (Å²) in [6, 6.07) is 19.2. The quantitative estimate of drug-likeness (QED) is 0.844. The second-order valence-corrected chi connectivity index (χ2v) is 7.22. The van der Waals surface area contributed by atoms with Crippen LogP contribution in [0.3, 0.4) is 0 Å². The lowest BCUT2D eigenvalue weighted by molar-refractivity contribution is -0.132. The third-order valence-corrected chi connectivity index (χ3v) is 5.36. The highest BCUT2D eigenvalue weighted by Crippen LogP contribution is 2.32. The minimum atomic E-state index is 0.106. The van der Waals surface area contributed by atoms with Crippen molar-refractivity contribution in [2.45, 2.75) is 32.2 Å². The van der Waals surface area contributed by atoms with Crippen LogP contribution < -0.4 is 0 Å². The van der Waals surface area contributed by atoms with Crippen LogP contribution in [0.5, 0.6) is 0 Å². The van der Waals surface area contributed by atoms with Crippen LogP contribution >= 0.6 is 0 Å². The number of nitrogens with zero attached hydrogens (tertiary/aromatic N) is 3. The molecule has 26 heavy (non-hydrogen) atoms. The number of carbonyl (C=O) groups excluding carboxylic acids is 1. The molecule has 134 valence electrons. The molecular weight excluding hydrogens is 322 g/mol. The third kappa shape index (κ3) is 3.56. The van der Waals surface area contributed by atoms with E-state index < -0.39 is 0 Å². The molecule has 0 spiro atoms. The smallest absolute Gasteiger partial charge is 0.256 e. The van der Waals surface area contributed by atoms with E-state index in [0.717, 1.165) is 37.1 Å². The fourth-order valence-electron chi connectivity index (χ4n) is 3.91. The maximum Gasteiger partial charge on any atom is 0.256 e. The summed E-state index contributed by atoms with van der Waals surface area (Å²) in [4.78, 5) is 15.1. The van der Waals surface area contributed by atoms with Crippen molar-refractivity contribution in [3.63, 3.8) is 0 Å². The van der Waals surface area contributed by atoms with E-state index in [-0.39, 0.29) is 5.91 Å². The van der Waals surface area contributed by atoms with Crippen molar-refractivity contribution in [1.29, 1.82) is 0 Å². The fraction of sp³-hybridized carbons (Fsp3) is 0.364. The topological polar surface area (TPSA) is 35.9 Å². The largest absolute Gasteiger partial charge is 0.287 e. The zero-order valence-electron chi connectivity index (χ0n) is 15.3. The van der Waals surface area contributed by atoms with Crippen LogP contribution in [0, 0.1) is 6.92 Å². The standard InChI is InChI=1S/C22H25N3O/c1-17-9-11-19(12-10-17)21-8-5-14-24(21)16-22(26)25-15-13-20(23-25)18-6-3-2-4-7-18/h2-4,6-7,9-12,21H,5,8,13-16H2,1H3. The molecule has 2 aromatic rings. The maximum absolute atomic E-state index is 12.8. The molecule has 4 nitrogen and oxygen atoms in total. The summed E-state index contributed by atoms with van der Waals surface area (Å²) in [5.74, 6) is 0.106. The molecule has 2 aromatic carbocycles. The van der Waals surface area contributed by atoms with E-state index in [1.165, 1.54) is 11.1 Å². The van der Waals surface area contributed by atoms with Gasteiger partial charge < -0.3 is 0 Å². The molecule has 4 rings (SSSR count). The molecule has 2 aliphatic rings. The number of carbonyl (C=O) groups is 1. The Kier molecular flexibility index (Phi) is 4.85. The van der Waals surface area contributed by atoms with Gasteiger partial charge in [0.2, 0.25) is 0 Å². The van der Waals surface area contributed by atoms with Crippen molar-refractivity contribution in [2.24, 2.45) is 5.10 Å². The van der Waals surface area contributed by atoms with Crippen LogP contribution in [0.25, 0.3) is 0 Å². The average molecular weight is 347 g/mol. The Morgan fingerprint density at radius 1 is 1.08 bits per heavy atom. The predicted molar refractivity (Wildman–Crippen MR) is 104 cm³/mol. The highest BCUT2D eigenvalue weighted by atomic mass is 16.2. The van der Waals surface area contributed by atoms with Gasteiger partial charge in [0.15, 0.2) is 0 Å². The van der Waals surface area contributed by atoms with E-state index in [4.69, 9.17) is 0 Å². The Morgan fingerprint density at radius 3 is 2.62 bits per heavy atom. The molecule has 1 fully saturated rings. The Labute approximate surface area is 155 Å². The first-order chi connectivity index (χ1) is 12.7. The Balaban J connectivity index is 1.43. The second-order valence-electron chi connectivity index (χ2n) is 7.22. The van der Waals surface area contributed by atoms with Gasteiger partial charge >= 0.3 is 0 Å². The first kappa shape index (κ1) is 17.0. The van der Waals surface area contributed by atoms with E-state index in [1.54, 1.807) is 5.01 Å². The van der Waals surface area contributed by atoms with E-state index in [9.17, 15) is 4.79 Å². The Morgan fingerprint density at radius 2 is 1.85 bits per heavy atom. The molecular formula is C22H25N3O. The highest BCUT2D eigenvalue weighted by Gasteiger charge is 2.30. The predicted octanol–water partition coefficient (Wildman–Crippen LogP) is 3.77. The number of rotatable bonds is 4. The Bertz CT molecular complexity index is 798. The highest BCUT2D eigenvalue weighted by molar-refractivity contribution is 6.02. The lowest BCUT2D eigenvalue weighted by Crippen LogP contribution is -2.36. The number of aryl methyl sites for hydroxylation is 1. The summed E-state index contributed by atoms with van der Waals surface area (Å²) in [7, 11) is 0. The van der Waals surface area contributed by atoms with Crippen LogP contribution in [0.1, 0.15) is 42.0 Å². The van der Waals surface area contributed by atoms with Gasteiger partial charge in [0.05, 0.1) is 18.8 Å². The third-order valence-electron chi connectivity index (χ3n) is 5.36. The zero-order valence-corrected chi connectivity index (χ0v) is 15.3. The first-order valence-corrected chi connectivity index (χ1v) is 9.44. The average Bonchev–Trinajstić information content (AvgIpc) is 3.33. The van der Waals surface area contributed by atoms with Gasteiger partial charge in [-0.25, -0.2) is 5.01 Å². The van der Waals surface area contributed by atoms with Crippen LogP contribution in [0.15, 0.2) is 59.7 Å². The van der Waals surface area contributed by atoms with Gasteiger partial charge in [-0.3, -0.25) is 9.69 Å². The summed E-state index contributed by atoms with van der Waals surface area (Å²) in [6.45, 7) is 4.22. The number of hydrazone groups is 1. The van der Waals surface area contributed by atoms with E-state index in [2.05, 4.69) is 53.3 Å². The van der Waals surface area contributed by atoms with Gasteiger partial charge in [0.25, 0.3) is 5.91 Å². The van der Waals surface area contributed by atoms with Gasteiger partial charge in [0.1, 0.15) is 0 Å². The van der Waals surface area contributed by atoms with E-state index in [1.807, 2.05) is 18.2 Å². The molecule has 0 N–H and O–H groups in total. The van der Waals surface area contributed by atoms with Gasteiger partial charge in [0, 0.05) is 12.5 Å². The van der Waals surface area contributed by atoms with Crippen molar-refractivity contribution in [2.75, 3.05) is 19.6 Å². The lowest BCUT2D eigenvalue weighted by atomic mass is 10.0. The van der Waals surface area contributed by atoms with Crippen LogP contribution in [0.2, 0.25) is 0 Å². The summed E-state index contributed by atoms with van der Waals surface area (Å²) < 4.78 is 0. The van der Waals surface area contributed by atoms with Crippen molar-refractivity contribution in [1.82, 2.24) is 9.91 Å². The molecule has 0 bridgehead atoms. The van der Waals surface area contributed by atoms with E-state index >= 15 is 0 Å².